The molecule has 1 amide bonds. The van der Waals surface area contributed by atoms with E-state index < -0.39 is 17.2 Å². The second-order valence-corrected chi connectivity index (χ2v) is 10.2. The van der Waals surface area contributed by atoms with Gasteiger partial charge < -0.3 is 19.4 Å². The van der Waals surface area contributed by atoms with Gasteiger partial charge in [-0.3, -0.25) is 13.8 Å². The Hall–Kier alpha value is -3.08. The summed E-state index contributed by atoms with van der Waals surface area (Å²) in [7, 11) is 1.57. The van der Waals surface area contributed by atoms with Gasteiger partial charge in [-0.05, 0) is 74.3 Å². The summed E-state index contributed by atoms with van der Waals surface area (Å²) in [5, 5.41) is 12.1. The van der Waals surface area contributed by atoms with Crippen molar-refractivity contribution in [1.29, 1.82) is 0 Å². The molecule has 0 bridgehead atoms. The molecule has 1 aliphatic rings. The van der Waals surface area contributed by atoms with E-state index in [0.29, 0.717) is 35.2 Å². The number of benzene rings is 1. The lowest BCUT2D eigenvalue weighted by Gasteiger charge is -2.24. The van der Waals surface area contributed by atoms with Crippen molar-refractivity contribution in [1.82, 2.24) is 14.6 Å². The highest BCUT2D eigenvalue weighted by molar-refractivity contribution is 7.76. The van der Waals surface area contributed by atoms with E-state index in [1.807, 2.05) is 38.1 Å². The molecule has 0 spiro atoms. The van der Waals surface area contributed by atoms with Crippen LogP contribution in [0.3, 0.4) is 0 Å². The zero-order chi connectivity index (χ0) is 26.0. The number of hydrogen-bond acceptors (Lipinski definition) is 6. The fourth-order valence-electron chi connectivity index (χ4n) is 4.32. The Morgan fingerprint density at radius 1 is 1.22 bits per heavy atom. The number of pyridine rings is 1. The third-order valence-electron chi connectivity index (χ3n) is 6.62. The predicted octanol–water partition coefficient (Wildman–Crippen LogP) is 4.20. The van der Waals surface area contributed by atoms with Gasteiger partial charge in [0.25, 0.3) is 5.91 Å². The standard InChI is InChI=1S/C26H31N3O6S/c1-15-7-8-18(12-16(15)2)24-23(25(32)27-3)20-13-19(17-9-10-17)21(28-26(20)35-24)14-29(36(33)34)11-5-4-6-22(30)31/h7-8,12-13,17H,4-6,9-11,14H2,1-3H3,(H,27,32)(H,30,31)(H,33,34)/p-1. The van der Waals surface area contributed by atoms with Gasteiger partial charge in [0.1, 0.15) is 5.76 Å². The molecule has 36 heavy (non-hydrogen) atoms. The van der Waals surface area contributed by atoms with Crippen LogP contribution in [0.1, 0.15) is 70.8 Å². The molecule has 0 aliphatic heterocycles. The minimum Gasteiger partial charge on any atom is -0.760 e. The molecular formula is C26H30N3O6S-. The van der Waals surface area contributed by atoms with E-state index in [-0.39, 0.29) is 37.0 Å². The first-order valence-electron chi connectivity index (χ1n) is 12.0. The van der Waals surface area contributed by atoms with E-state index in [1.165, 1.54) is 4.31 Å². The Bertz CT molecular complexity index is 1330. The lowest BCUT2D eigenvalue weighted by Crippen LogP contribution is -2.27. The Kier molecular flexibility index (Phi) is 7.87. The van der Waals surface area contributed by atoms with E-state index >= 15 is 0 Å². The van der Waals surface area contributed by atoms with Crippen molar-refractivity contribution in [3.05, 3.63) is 52.2 Å². The van der Waals surface area contributed by atoms with Crippen LogP contribution in [0.4, 0.5) is 0 Å². The molecule has 2 N–H and O–H groups in total. The molecule has 1 fully saturated rings. The molecule has 9 nitrogen and oxygen atoms in total. The van der Waals surface area contributed by atoms with Crippen molar-refractivity contribution in [2.45, 2.75) is 58.4 Å². The van der Waals surface area contributed by atoms with Crippen LogP contribution in [-0.4, -0.2) is 48.6 Å². The van der Waals surface area contributed by atoms with Crippen LogP contribution >= 0.6 is 0 Å². The number of carboxylic acid groups (broad SMARTS) is 1. The average molecular weight is 513 g/mol. The second kappa shape index (κ2) is 10.9. The maximum atomic E-state index is 12.9. The highest BCUT2D eigenvalue weighted by Crippen LogP contribution is 2.44. The second-order valence-electron chi connectivity index (χ2n) is 9.27. The normalized spacial score (nSPS) is 14.4. The van der Waals surface area contributed by atoms with Crippen molar-refractivity contribution in [3.8, 4) is 11.3 Å². The lowest BCUT2D eigenvalue weighted by molar-refractivity contribution is -0.137. The topological polar surface area (TPSA) is 136 Å². The van der Waals surface area contributed by atoms with Crippen molar-refractivity contribution >= 4 is 34.2 Å². The van der Waals surface area contributed by atoms with Crippen LogP contribution in [0.15, 0.2) is 28.7 Å². The molecule has 2 aromatic heterocycles. The molecular weight excluding hydrogens is 482 g/mol. The van der Waals surface area contributed by atoms with Gasteiger partial charge in [-0.2, -0.15) is 0 Å². The number of nitrogens with zero attached hydrogens (tertiary/aromatic N) is 2. The maximum Gasteiger partial charge on any atom is 0.303 e. The first kappa shape index (κ1) is 26.0. The Balaban J connectivity index is 1.76. The molecule has 2 heterocycles. The predicted molar refractivity (Wildman–Crippen MR) is 135 cm³/mol. The van der Waals surface area contributed by atoms with Crippen molar-refractivity contribution in [2.24, 2.45) is 0 Å². The number of furan rings is 1. The highest BCUT2D eigenvalue weighted by Gasteiger charge is 2.31. The van der Waals surface area contributed by atoms with E-state index in [0.717, 1.165) is 35.1 Å². The summed E-state index contributed by atoms with van der Waals surface area (Å²) in [6.45, 7) is 4.26. The summed E-state index contributed by atoms with van der Waals surface area (Å²) in [5.41, 5.74) is 5.17. The number of aromatic nitrogens is 1. The monoisotopic (exact) mass is 512 g/mol. The number of carbonyl (C=O) groups excluding carboxylic acids is 1. The summed E-state index contributed by atoms with van der Waals surface area (Å²) < 4.78 is 31.3. The minimum absolute atomic E-state index is 0.00715. The van der Waals surface area contributed by atoms with E-state index in [9.17, 15) is 18.4 Å². The van der Waals surface area contributed by atoms with Crippen LogP contribution in [0.25, 0.3) is 22.4 Å². The molecule has 192 valence electrons. The number of carbonyl (C=O) groups is 2. The summed E-state index contributed by atoms with van der Waals surface area (Å²) >= 11 is -2.49. The maximum absolute atomic E-state index is 12.9. The van der Waals surface area contributed by atoms with Crippen LogP contribution < -0.4 is 5.32 Å². The number of aryl methyl sites for hydroxylation is 2. The highest BCUT2D eigenvalue weighted by atomic mass is 32.2. The number of rotatable bonds is 11. The van der Waals surface area contributed by atoms with E-state index in [4.69, 9.17) is 14.5 Å². The molecule has 10 heteroatoms. The SMILES string of the molecule is CNC(=O)c1c(-c2ccc(C)c(C)c2)oc2nc(CN(CCCCC(=O)O)S(=O)[O-])c(C3CC3)cc12. The number of hydrogen-bond donors (Lipinski definition) is 2. The third-order valence-corrected chi connectivity index (χ3v) is 7.35. The van der Waals surface area contributed by atoms with Crippen LogP contribution in [0.5, 0.6) is 0 Å². The average Bonchev–Trinajstić information content (AvgIpc) is 3.61. The molecule has 0 radical (unpaired) electrons. The molecule has 3 aromatic rings. The van der Waals surface area contributed by atoms with Gasteiger partial charge in [0.2, 0.25) is 5.71 Å². The van der Waals surface area contributed by atoms with Gasteiger partial charge in [-0.25, -0.2) is 9.29 Å². The summed E-state index contributed by atoms with van der Waals surface area (Å²) in [4.78, 5) is 28.4. The van der Waals surface area contributed by atoms with Crippen molar-refractivity contribution in [2.75, 3.05) is 13.6 Å². The Morgan fingerprint density at radius 2 is 1.97 bits per heavy atom. The molecule has 0 saturated heterocycles. The number of nitrogens with one attached hydrogen (secondary N) is 1. The van der Waals surface area contributed by atoms with Gasteiger partial charge in [0.05, 0.1) is 23.2 Å². The Labute approximate surface area is 212 Å². The van der Waals surface area contributed by atoms with Crippen LogP contribution in [0.2, 0.25) is 0 Å². The smallest absolute Gasteiger partial charge is 0.303 e. The van der Waals surface area contributed by atoms with E-state index in [2.05, 4.69) is 5.32 Å². The fourth-order valence-corrected chi connectivity index (χ4v) is 4.83. The summed E-state index contributed by atoms with van der Waals surface area (Å²) in [6, 6.07) is 7.78. The number of fused-ring (bicyclic) bond motifs is 1. The van der Waals surface area contributed by atoms with Gasteiger partial charge in [0.15, 0.2) is 0 Å². The molecule has 1 aliphatic carbocycles. The zero-order valence-electron chi connectivity index (χ0n) is 20.6. The van der Waals surface area contributed by atoms with Crippen molar-refractivity contribution < 1.29 is 27.9 Å². The fraction of sp³-hybridized carbons (Fsp3) is 0.423. The van der Waals surface area contributed by atoms with Crippen LogP contribution in [0, 0.1) is 13.8 Å². The molecule has 1 saturated carbocycles. The molecule has 4 rings (SSSR count). The summed E-state index contributed by atoms with van der Waals surface area (Å²) in [6.07, 6.45) is 2.75. The quantitative estimate of drug-likeness (QED) is 0.290. The largest absolute Gasteiger partial charge is 0.760 e. The van der Waals surface area contributed by atoms with Gasteiger partial charge in [-0.1, -0.05) is 12.1 Å². The van der Waals surface area contributed by atoms with Gasteiger partial charge in [-0.15, -0.1) is 0 Å². The minimum atomic E-state index is -2.49. The molecule has 1 atom stereocenters. The van der Waals surface area contributed by atoms with Gasteiger partial charge in [0, 0.05) is 36.8 Å². The van der Waals surface area contributed by atoms with Gasteiger partial charge >= 0.3 is 5.97 Å². The summed E-state index contributed by atoms with van der Waals surface area (Å²) in [5.74, 6) is -0.503. The Morgan fingerprint density at radius 3 is 2.58 bits per heavy atom. The first-order valence-corrected chi connectivity index (χ1v) is 13.0. The third kappa shape index (κ3) is 5.66. The number of aliphatic carboxylic acids is 1. The number of unbranched alkanes of at least 4 members (excludes halogenated alkanes) is 1. The zero-order valence-corrected chi connectivity index (χ0v) is 21.4. The van der Waals surface area contributed by atoms with Crippen LogP contribution in [-0.2, 0) is 22.6 Å². The van der Waals surface area contributed by atoms with Crippen molar-refractivity contribution in [3.63, 3.8) is 0 Å². The molecule has 1 aromatic carbocycles. The first-order chi connectivity index (χ1) is 17.2. The lowest BCUT2D eigenvalue weighted by atomic mass is 9.99. The number of amides is 1. The molecule has 1 unspecified atom stereocenters. The number of carboxylic acids is 1. The van der Waals surface area contributed by atoms with E-state index in [1.54, 1.807) is 7.05 Å².